The Balaban J connectivity index is 0.000000184. The van der Waals surface area contributed by atoms with Crippen molar-refractivity contribution in [1.82, 2.24) is 0 Å². The van der Waals surface area contributed by atoms with Crippen LogP contribution in [0.1, 0.15) is 54.9 Å². The van der Waals surface area contributed by atoms with Crippen molar-refractivity contribution in [3.05, 3.63) is 244 Å². The molecule has 0 bridgehead atoms. The minimum atomic E-state index is -3.40. The SMILES string of the molecule is CS(=O)(=O)Nc1cccc(Nc2cc(CCc3ccccc3)ccc2C(=O)O)c1.Cc1ccc(CCc2ccccc2)cc1N.Cc1ccc(CCc2ccccc2)cc1Nc1cccc(NS(C)(=O)=O)c1. The Morgan fingerprint density at radius 3 is 1.19 bits per heavy atom. The number of carbonyl (C=O) groups is 1. The highest BCUT2D eigenvalue weighted by Gasteiger charge is 2.13. The second-order valence-electron chi connectivity index (χ2n) is 17.6. The molecular weight excluding hydrogens is 939 g/mol. The summed E-state index contributed by atoms with van der Waals surface area (Å²) < 4.78 is 50.6. The zero-order valence-corrected chi connectivity index (χ0v) is 42.7. The first-order valence-corrected chi connectivity index (χ1v) is 27.4. The van der Waals surface area contributed by atoms with E-state index in [1.54, 1.807) is 42.5 Å². The van der Waals surface area contributed by atoms with Gasteiger partial charge in [-0.05, 0) is 158 Å². The summed E-state index contributed by atoms with van der Waals surface area (Å²) in [5, 5.41) is 16.0. The number of hydrogen-bond acceptors (Lipinski definition) is 8. The number of nitrogens with two attached hydrogens (primary N) is 1. The predicted molar refractivity (Wildman–Crippen MR) is 298 cm³/mol. The van der Waals surface area contributed by atoms with Crippen molar-refractivity contribution in [3.63, 3.8) is 0 Å². The van der Waals surface area contributed by atoms with Crippen molar-refractivity contribution in [3.8, 4) is 0 Å². The minimum Gasteiger partial charge on any atom is -0.478 e. The Kier molecular flexibility index (Phi) is 19.2. The van der Waals surface area contributed by atoms with Gasteiger partial charge in [0.15, 0.2) is 0 Å². The third-order valence-electron chi connectivity index (χ3n) is 11.5. The number of benzene rings is 8. The number of sulfonamides is 2. The molecule has 0 aliphatic carbocycles. The highest BCUT2D eigenvalue weighted by Crippen LogP contribution is 2.27. The average molecular weight is 1000 g/mol. The van der Waals surface area contributed by atoms with E-state index in [1.807, 2.05) is 61.5 Å². The van der Waals surface area contributed by atoms with E-state index in [-0.39, 0.29) is 5.56 Å². The van der Waals surface area contributed by atoms with Crippen LogP contribution in [0.3, 0.4) is 0 Å². The standard InChI is InChI=1S/C22H22N2O4S.C22H24N2O2S.C15H17N/c1-29(27,28)24-19-9-5-8-18(15-19)23-21-14-17(12-13-20(21)22(25)26)11-10-16-6-3-2-4-7-16;1-17-11-12-19(14-13-18-7-4-3-5-8-18)15-22(17)23-20-9-6-10-21(16-20)24-27(2,25)26;1-12-7-8-14(11-15(12)16)10-9-13-5-3-2-4-6-13/h2-9,12-15,23-24H,10-11H2,1H3,(H,25,26);3-12,15-16,23-24H,13-14H2,1-2H3;2-8,11H,9-10,16H2,1H3. The molecule has 7 N–H and O–H groups in total. The smallest absolute Gasteiger partial charge is 0.337 e. The van der Waals surface area contributed by atoms with E-state index < -0.39 is 26.0 Å². The normalized spacial score (nSPS) is 10.9. The summed E-state index contributed by atoms with van der Waals surface area (Å²) in [6, 6.07) is 63.0. The molecule has 0 unspecified atom stereocenters. The lowest BCUT2D eigenvalue weighted by Crippen LogP contribution is -2.09. The molecule has 8 aromatic rings. The molecule has 0 fully saturated rings. The number of carboxylic acid groups (broad SMARTS) is 1. The minimum absolute atomic E-state index is 0.148. The van der Waals surface area contributed by atoms with Crippen LogP contribution in [0.15, 0.2) is 194 Å². The summed E-state index contributed by atoms with van der Waals surface area (Å²) in [4.78, 5) is 11.6. The molecule has 8 rings (SSSR count). The van der Waals surface area contributed by atoms with Gasteiger partial charge < -0.3 is 21.5 Å². The van der Waals surface area contributed by atoms with E-state index in [1.165, 1.54) is 27.8 Å². The van der Waals surface area contributed by atoms with Gasteiger partial charge in [0.25, 0.3) is 0 Å². The number of hydrogen-bond donors (Lipinski definition) is 6. The first kappa shape index (κ1) is 53.5. The molecule has 0 atom stereocenters. The van der Waals surface area contributed by atoms with E-state index in [2.05, 4.69) is 124 Å². The lowest BCUT2D eigenvalue weighted by Gasteiger charge is -2.13. The van der Waals surface area contributed by atoms with Gasteiger partial charge in [-0.25, -0.2) is 21.6 Å². The molecule has 0 amide bonds. The van der Waals surface area contributed by atoms with E-state index in [9.17, 15) is 26.7 Å². The Hall–Kier alpha value is -7.87. The number of carboxylic acids is 1. The van der Waals surface area contributed by atoms with Crippen LogP contribution in [-0.4, -0.2) is 40.4 Å². The average Bonchev–Trinajstić information content (AvgIpc) is 3.34. The number of nitrogens with one attached hydrogen (secondary N) is 4. The molecule has 8 aromatic carbocycles. The van der Waals surface area contributed by atoms with Crippen molar-refractivity contribution in [2.75, 3.05) is 38.3 Å². The summed E-state index contributed by atoms with van der Waals surface area (Å²) in [7, 11) is -6.69. The van der Waals surface area contributed by atoms with Crippen molar-refractivity contribution in [1.29, 1.82) is 0 Å². The highest BCUT2D eigenvalue weighted by molar-refractivity contribution is 7.92. The molecule has 0 saturated carbocycles. The molecule has 0 aromatic heterocycles. The molecule has 0 aliphatic heterocycles. The van der Waals surface area contributed by atoms with Gasteiger partial charge in [-0.2, -0.15) is 0 Å². The Bertz CT molecular complexity index is 3260. The topological polar surface area (TPSA) is 180 Å². The van der Waals surface area contributed by atoms with Gasteiger partial charge in [0, 0.05) is 22.7 Å². The third-order valence-corrected chi connectivity index (χ3v) is 12.7. The Morgan fingerprint density at radius 1 is 0.417 bits per heavy atom. The number of aryl methyl sites for hydroxylation is 8. The van der Waals surface area contributed by atoms with Crippen molar-refractivity contribution < 1.29 is 26.7 Å². The molecule has 0 heterocycles. The molecule has 72 heavy (non-hydrogen) atoms. The molecular formula is C59H63N5O6S2. The van der Waals surface area contributed by atoms with Crippen LogP contribution in [0.5, 0.6) is 0 Å². The number of rotatable bonds is 18. The largest absolute Gasteiger partial charge is 0.478 e. The van der Waals surface area contributed by atoms with Crippen LogP contribution in [0.2, 0.25) is 0 Å². The van der Waals surface area contributed by atoms with Gasteiger partial charge in [-0.15, -0.1) is 0 Å². The van der Waals surface area contributed by atoms with Gasteiger partial charge >= 0.3 is 5.97 Å². The van der Waals surface area contributed by atoms with Crippen LogP contribution in [0.25, 0.3) is 0 Å². The van der Waals surface area contributed by atoms with Gasteiger partial charge in [-0.3, -0.25) is 9.44 Å². The summed E-state index contributed by atoms with van der Waals surface area (Å²) in [6.07, 6.45) is 7.93. The second kappa shape index (κ2) is 25.8. The van der Waals surface area contributed by atoms with Gasteiger partial charge in [0.05, 0.1) is 35.1 Å². The fraction of sp³-hybridized carbons (Fsp3) is 0.169. The maximum Gasteiger partial charge on any atom is 0.337 e. The number of nitrogen functional groups attached to an aromatic ring is 1. The summed E-state index contributed by atoms with van der Waals surface area (Å²) in [5.74, 6) is -1.03. The molecule has 0 spiro atoms. The van der Waals surface area contributed by atoms with Gasteiger partial charge in [0.2, 0.25) is 20.0 Å². The number of aromatic carboxylic acids is 1. The molecule has 0 aliphatic rings. The second-order valence-corrected chi connectivity index (χ2v) is 21.1. The quantitative estimate of drug-likeness (QED) is 0.0456. The van der Waals surface area contributed by atoms with Crippen LogP contribution in [0, 0.1) is 13.8 Å². The molecule has 13 heteroatoms. The van der Waals surface area contributed by atoms with E-state index in [0.29, 0.717) is 22.7 Å². The first-order chi connectivity index (χ1) is 34.4. The van der Waals surface area contributed by atoms with E-state index in [0.717, 1.165) is 84.8 Å². The zero-order valence-electron chi connectivity index (χ0n) is 41.1. The fourth-order valence-corrected chi connectivity index (χ4v) is 8.81. The van der Waals surface area contributed by atoms with E-state index >= 15 is 0 Å². The highest BCUT2D eigenvalue weighted by atomic mass is 32.2. The lowest BCUT2D eigenvalue weighted by molar-refractivity contribution is 0.0698. The summed E-state index contributed by atoms with van der Waals surface area (Å²) >= 11 is 0. The van der Waals surface area contributed by atoms with Gasteiger partial charge in [0.1, 0.15) is 0 Å². The van der Waals surface area contributed by atoms with Crippen molar-refractivity contribution in [2.24, 2.45) is 0 Å². The molecule has 372 valence electrons. The molecule has 0 saturated heterocycles. The Labute approximate surface area is 425 Å². The summed E-state index contributed by atoms with van der Waals surface area (Å²) in [6.45, 7) is 4.10. The molecule has 11 nitrogen and oxygen atoms in total. The van der Waals surface area contributed by atoms with Crippen LogP contribution in [0.4, 0.5) is 39.8 Å². The van der Waals surface area contributed by atoms with Crippen LogP contribution < -0.4 is 25.8 Å². The van der Waals surface area contributed by atoms with Crippen molar-refractivity contribution in [2.45, 2.75) is 52.4 Å². The zero-order chi connectivity index (χ0) is 51.5. The Morgan fingerprint density at radius 2 is 0.778 bits per heavy atom. The first-order valence-electron chi connectivity index (χ1n) is 23.6. The van der Waals surface area contributed by atoms with E-state index in [4.69, 9.17) is 5.73 Å². The fourth-order valence-electron chi connectivity index (χ4n) is 7.70. The maximum absolute atomic E-state index is 11.6. The van der Waals surface area contributed by atoms with Crippen LogP contribution >= 0.6 is 0 Å². The maximum atomic E-state index is 11.6. The molecule has 0 radical (unpaired) electrons. The lowest BCUT2D eigenvalue weighted by atomic mass is 10.0. The van der Waals surface area contributed by atoms with Crippen molar-refractivity contribution >= 4 is 65.8 Å². The predicted octanol–water partition coefficient (Wildman–Crippen LogP) is 12.5. The third kappa shape index (κ3) is 18.5. The monoisotopic (exact) mass is 1000 g/mol. The summed E-state index contributed by atoms with van der Waals surface area (Å²) in [5.41, 5.74) is 20.6. The number of anilines is 7. The van der Waals surface area contributed by atoms with Gasteiger partial charge in [-0.1, -0.05) is 133 Å². The van der Waals surface area contributed by atoms with Crippen LogP contribution in [-0.2, 0) is 58.6 Å².